The van der Waals surface area contributed by atoms with Crippen LogP contribution in [0.4, 0.5) is 10.5 Å². The number of hydrogen-bond acceptors (Lipinski definition) is 2. The summed E-state index contributed by atoms with van der Waals surface area (Å²) in [5.74, 6) is 0.705. The lowest BCUT2D eigenvalue weighted by Crippen LogP contribution is -2.32. The largest absolute Gasteiger partial charge is 0.492 e. The highest BCUT2D eigenvalue weighted by Crippen LogP contribution is 2.15. The number of nitrogens with one attached hydrogen (secondary N) is 2. The van der Waals surface area contributed by atoms with E-state index < -0.39 is 0 Å². The predicted octanol–water partition coefficient (Wildman–Crippen LogP) is 4.19. The zero-order valence-corrected chi connectivity index (χ0v) is 12.6. The quantitative estimate of drug-likeness (QED) is 0.810. The third kappa shape index (κ3) is 5.53. The number of halogens is 2. The maximum atomic E-state index is 11.6. The van der Waals surface area contributed by atoms with E-state index in [1.807, 2.05) is 0 Å². The van der Waals surface area contributed by atoms with E-state index in [1.165, 1.54) is 0 Å². The molecule has 2 aromatic carbocycles. The Morgan fingerprint density at radius 2 is 1.81 bits per heavy atom. The van der Waals surface area contributed by atoms with Crippen LogP contribution >= 0.6 is 23.2 Å². The molecule has 2 rings (SSSR count). The minimum absolute atomic E-state index is 0.308. The number of rotatable bonds is 5. The molecule has 2 N–H and O–H groups in total. The molecule has 110 valence electrons. The maximum Gasteiger partial charge on any atom is 0.319 e. The lowest BCUT2D eigenvalue weighted by molar-refractivity contribution is 0.247. The molecule has 21 heavy (non-hydrogen) atoms. The number of benzene rings is 2. The standard InChI is InChI=1S/C15H14Cl2N2O2/c16-11-4-6-14(7-5-11)21-9-8-18-15(20)19-13-3-1-2-12(17)10-13/h1-7,10H,8-9H2,(H2,18,19,20). The van der Waals surface area contributed by atoms with Crippen molar-refractivity contribution < 1.29 is 9.53 Å². The predicted molar refractivity (Wildman–Crippen MR) is 85.4 cm³/mol. The van der Waals surface area contributed by atoms with Gasteiger partial charge in [0.2, 0.25) is 0 Å². The second-order valence-electron chi connectivity index (χ2n) is 4.19. The maximum absolute atomic E-state index is 11.6. The van der Waals surface area contributed by atoms with Gasteiger partial charge >= 0.3 is 6.03 Å². The number of ether oxygens (including phenoxy) is 1. The van der Waals surface area contributed by atoms with E-state index in [1.54, 1.807) is 48.5 Å². The number of hydrogen-bond donors (Lipinski definition) is 2. The van der Waals surface area contributed by atoms with Gasteiger partial charge in [-0.3, -0.25) is 0 Å². The summed E-state index contributed by atoms with van der Waals surface area (Å²) >= 11 is 11.6. The lowest BCUT2D eigenvalue weighted by Gasteiger charge is -2.09. The Morgan fingerprint density at radius 1 is 1.05 bits per heavy atom. The Hall–Kier alpha value is -1.91. The molecule has 0 saturated heterocycles. The van der Waals surface area contributed by atoms with Crippen molar-refractivity contribution in [2.45, 2.75) is 0 Å². The van der Waals surface area contributed by atoms with Gasteiger partial charge in [0.25, 0.3) is 0 Å². The van der Waals surface area contributed by atoms with E-state index in [9.17, 15) is 4.79 Å². The van der Waals surface area contributed by atoms with Crippen LogP contribution in [0, 0.1) is 0 Å². The summed E-state index contributed by atoms with van der Waals surface area (Å²) in [6, 6.07) is 13.7. The molecule has 0 spiro atoms. The van der Waals surface area contributed by atoms with E-state index in [-0.39, 0.29) is 6.03 Å². The Kier molecular flexibility index (Phi) is 5.72. The summed E-state index contributed by atoms with van der Waals surface area (Å²) in [5, 5.41) is 6.59. The van der Waals surface area contributed by atoms with Gasteiger partial charge in [-0.2, -0.15) is 0 Å². The monoisotopic (exact) mass is 324 g/mol. The van der Waals surface area contributed by atoms with Gasteiger partial charge in [-0.15, -0.1) is 0 Å². The van der Waals surface area contributed by atoms with Crippen LogP contribution in [0.3, 0.4) is 0 Å². The molecule has 2 amide bonds. The molecule has 2 aromatic rings. The summed E-state index contributed by atoms with van der Waals surface area (Å²) in [5.41, 5.74) is 0.638. The molecular weight excluding hydrogens is 311 g/mol. The Labute approximate surface area is 133 Å². The highest BCUT2D eigenvalue weighted by Gasteiger charge is 2.01. The molecule has 0 fully saturated rings. The van der Waals surface area contributed by atoms with Crippen LogP contribution < -0.4 is 15.4 Å². The number of carbonyl (C=O) groups excluding carboxylic acids is 1. The van der Waals surface area contributed by atoms with Crippen molar-refractivity contribution in [3.8, 4) is 5.75 Å². The molecule has 0 radical (unpaired) electrons. The van der Waals surface area contributed by atoms with Crippen molar-refractivity contribution in [2.24, 2.45) is 0 Å². The van der Waals surface area contributed by atoms with Gasteiger partial charge in [-0.1, -0.05) is 29.3 Å². The molecule has 4 nitrogen and oxygen atoms in total. The highest BCUT2D eigenvalue weighted by molar-refractivity contribution is 6.31. The second-order valence-corrected chi connectivity index (χ2v) is 5.07. The van der Waals surface area contributed by atoms with Crippen molar-refractivity contribution >= 4 is 34.9 Å². The zero-order valence-electron chi connectivity index (χ0n) is 11.1. The van der Waals surface area contributed by atoms with Crippen LogP contribution in [0.2, 0.25) is 10.0 Å². The van der Waals surface area contributed by atoms with E-state index in [2.05, 4.69) is 10.6 Å². The van der Waals surface area contributed by atoms with Gasteiger partial charge < -0.3 is 15.4 Å². The Bertz CT molecular complexity index is 603. The summed E-state index contributed by atoms with van der Waals surface area (Å²) in [4.78, 5) is 11.6. The molecule has 0 saturated carbocycles. The Morgan fingerprint density at radius 3 is 2.52 bits per heavy atom. The van der Waals surface area contributed by atoms with Crippen LogP contribution in [0.15, 0.2) is 48.5 Å². The fourth-order valence-corrected chi connectivity index (χ4v) is 1.92. The molecule has 0 aliphatic rings. The third-order valence-corrected chi connectivity index (χ3v) is 3.04. The van der Waals surface area contributed by atoms with Gasteiger partial charge in [-0.25, -0.2) is 4.79 Å². The van der Waals surface area contributed by atoms with Crippen LogP contribution in [0.5, 0.6) is 5.75 Å². The molecule has 0 unspecified atom stereocenters. The average molecular weight is 325 g/mol. The number of carbonyl (C=O) groups is 1. The van der Waals surface area contributed by atoms with Crippen LogP contribution in [0.1, 0.15) is 0 Å². The first-order valence-electron chi connectivity index (χ1n) is 6.32. The molecular formula is C15H14Cl2N2O2. The second kappa shape index (κ2) is 7.76. The Balaban J connectivity index is 1.68. The van der Waals surface area contributed by atoms with Crippen LogP contribution in [-0.4, -0.2) is 19.2 Å². The van der Waals surface area contributed by atoms with E-state index in [0.717, 1.165) is 0 Å². The van der Waals surface area contributed by atoms with Crippen LogP contribution in [0.25, 0.3) is 0 Å². The smallest absolute Gasteiger partial charge is 0.319 e. The molecule has 0 heterocycles. The normalized spacial score (nSPS) is 10.0. The lowest BCUT2D eigenvalue weighted by atomic mass is 10.3. The van der Waals surface area contributed by atoms with Crippen molar-refractivity contribution in [1.82, 2.24) is 5.32 Å². The van der Waals surface area contributed by atoms with E-state index >= 15 is 0 Å². The summed E-state index contributed by atoms with van der Waals surface area (Å²) in [6.45, 7) is 0.750. The van der Waals surface area contributed by atoms with Gasteiger partial charge in [0, 0.05) is 15.7 Å². The first-order chi connectivity index (χ1) is 10.1. The molecule has 0 aliphatic heterocycles. The highest BCUT2D eigenvalue weighted by atomic mass is 35.5. The molecule has 0 bridgehead atoms. The van der Waals surface area contributed by atoms with Crippen molar-refractivity contribution in [1.29, 1.82) is 0 Å². The van der Waals surface area contributed by atoms with Crippen molar-refractivity contribution in [3.05, 3.63) is 58.6 Å². The van der Waals surface area contributed by atoms with Crippen LogP contribution in [-0.2, 0) is 0 Å². The first-order valence-corrected chi connectivity index (χ1v) is 7.08. The van der Waals surface area contributed by atoms with Gasteiger partial charge in [0.05, 0.1) is 6.54 Å². The van der Waals surface area contributed by atoms with E-state index in [0.29, 0.717) is 34.6 Å². The minimum atomic E-state index is -0.308. The van der Waals surface area contributed by atoms with Gasteiger partial charge in [0.1, 0.15) is 12.4 Å². The number of anilines is 1. The summed E-state index contributed by atoms with van der Waals surface area (Å²) < 4.78 is 5.46. The number of amides is 2. The van der Waals surface area contributed by atoms with E-state index in [4.69, 9.17) is 27.9 Å². The van der Waals surface area contributed by atoms with Gasteiger partial charge in [-0.05, 0) is 42.5 Å². The molecule has 0 aromatic heterocycles. The fourth-order valence-electron chi connectivity index (χ4n) is 1.61. The summed E-state index contributed by atoms with van der Waals surface area (Å²) in [6.07, 6.45) is 0. The van der Waals surface area contributed by atoms with Crippen molar-refractivity contribution in [2.75, 3.05) is 18.5 Å². The zero-order chi connectivity index (χ0) is 15.1. The topological polar surface area (TPSA) is 50.4 Å². The minimum Gasteiger partial charge on any atom is -0.492 e. The molecule has 0 aliphatic carbocycles. The first kappa shape index (κ1) is 15.5. The average Bonchev–Trinajstić information content (AvgIpc) is 2.45. The van der Waals surface area contributed by atoms with Gasteiger partial charge in [0.15, 0.2) is 0 Å². The molecule has 0 atom stereocenters. The third-order valence-electron chi connectivity index (χ3n) is 2.55. The summed E-state index contributed by atoms with van der Waals surface area (Å²) in [7, 11) is 0. The van der Waals surface area contributed by atoms with Crippen molar-refractivity contribution in [3.63, 3.8) is 0 Å². The SMILES string of the molecule is O=C(NCCOc1ccc(Cl)cc1)Nc1cccc(Cl)c1. The molecule has 6 heteroatoms. The number of urea groups is 1. The fraction of sp³-hybridized carbons (Fsp3) is 0.133.